The van der Waals surface area contributed by atoms with E-state index in [2.05, 4.69) is 19.2 Å². The van der Waals surface area contributed by atoms with Gasteiger partial charge in [-0.1, -0.05) is 13.8 Å². The van der Waals surface area contributed by atoms with E-state index in [0.717, 1.165) is 17.0 Å². The van der Waals surface area contributed by atoms with E-state index in [1.54, 1.807) is 26.1 Å². The second-order valence-electron chi connectivity index (χ2n) is 4.56. The number of likely N-dealkylation sites (N-methyl/N-ethyl adjacent to an activating group) is 2. The summed E-state index contributed by atoms with van der Waals surface area (Å²) in [6, 6.07) is 5.82. The van der Waals surface area contributed by atoms with Gasteiger partial charge in [-0.25, -0.2) is 0 Å². The molecule has 0 aromatic heterocycles. The van der Waals surface area contributed by atoms with Gasteiger partial charge < -0.3 is 15.0 Å². The van der Waals surface area contributed by atoms with E-state index in [1.165, 1.54) is 0 Å². The van der Waals surface area contributed by atoms with Gasteiger partial charge in [0.15, 0.2) is 0 Å². The molecule has 0 aliphatic heterocycles. The van der Waals surface area contributed by atoms with Crippen LogP contribution in [0.4, 0.5) is 5.69 Å². The van der Waals surface area contributed by atoms with Crippen molar-refractivity contribution in [3.05, 3.63) is 23.8 Å². The largest absolute Gasteiger partial charge is 0.496 e. The number of carbonyl (C=O) groups excluding carboxylic acids is 1. The van der Waals surface area contributed by atoms with Crippen molar-refractivity contribution >= 4 is 11.6 Å². The molecule has 1 N–H and O–H groups in total. The van der Waals surface area contributed by atoms with E-state index in [4.69, 9.17) is 4.74 Å². The van der Waals surface area contributed by atoms with Crippen LogP contribution in [0.2, 0.25) is 0 Å². The number of hydrogen-bond acceptors (Lipinski definition) is 3. The van der Waals surface area contributed by atoms with Gasteiger partial charge in [0.1, 0.15) is 5.75 Å². The van der Waals surface area contributed by atoms with Crippen molar-refractivity contribution in [3.63, 3.8) is 0 Å². The van der Waals surface area contributed by atoms with E-state index in [-0.39, 0.29) is 5.91 Å². The molecule has 0 radical (unpaired) electrons. The van der Waals surface area contributed by atoms with Crippen molar-refractivity contribution < 1.29 is 9.53 Å². The smallest absolute Gasteiger partial charge is 0.240 e. The molecule has 4 nitrogen and oxygen atoms in total. The minimum absolute atomic E-state index is 0.0392. The summed E-state index contributed by atoms with van der Waals surface area (Å²) in [4.78, 5) is 13.5. The van der Waals surface area contributed by atoms with Crippen LogP contribution in [-0.2, 0) is 4.79 Å². The van der Waals surface area contributed by atoms with Crippen LogP contribution in [0.25, 0.3) is 0 Å². The van der Waals surface area contributed by atoms with Gasteiger partial charge in [0.2, 0.25) is 5.91 Å². The Morgan fingerprint density at radius 2 is 2.11 bits per heavy atom. The standard InChI is InChI=1S/C14H22N2O2/c1-10(2)12-8-11(6-7-13(12)18-5)16(4)14(17)9-15-3/h6-8,10,15H,9H2,1-5H3. The molecule has 0 fully saturated rings. The van der Waals surface area contributed by atoms with Gasteiger partial charge in [0.05, 0.1) is 13.7 Å². The predicted octanol–water partition coefficient (Wildman–Crippen LogP) is 2.00. The third-order valence-electron chi connectivity index (χ3n) is 2.92. The second-order valence-corrected chi connectivity index (χ2v) is 4.56. The molecule has 100 valence electrons. The lowest BCUT2D eigenvalue weighted by Crippen LogP contribution is -2.34. The van der Waals surface area contributed by atoms with Gasteiger partial charge in [-0.3, -0.25) is 4.79 Å². The number of benzene rings is 1. The van der Waals surface area contributed by atoms with Gasteiger partial charge >= 0.3 is 0 Å². The van der Waals surface area contributed by atoms with Crippen LogP contribution in [0.15, 0.2) is 18.2 Å². The molecule has 1 rings (SSSR count). The van der Waals surface area contributed by atoms with Crippen LogP contribution < -0.4 is 15.0 Å². The zero-order chi connectivity index (χ0) is 13.7. The first-order chi connectivity index (χ1) is 8.51. The maximum Gasteiger partial charge on any atom is 0.240 e. The van der Waals surface area contributed by atoms with Gasteiger partial charge in [-0.2, -0.15) is 0 Å². The number of hydrogen-bond donors (Lipinski definition) is 1. The topological polar surface area (TPSA) is 41.6 Å². The number of methoxy groups -OCH3 is 1. The molecule has 1 amide bonds. The number of nitrogens with one attached hydrogen (secondary N) is 1. The minimum atomic E-state index is 0.0392. The molecule has 0 unspecified atom stereocenters. The molecule has 0 spiro atoms. The lowest BCUT2D eigenvalue weighted by Gasteiger charge is -2.20. The average Bonchev–Trinajstić information content (AvgIpc) is 2.37. The van der Waals surface area contributed by atoms with Crippen LogP contribution in [0, 0.1) is 0 Å². The SMILES string of the molecule is CNCC(=O)N(C)c1ccc(OC)c(C(C)C)c1. The molecule has 0 saturated heterocycles. The van der Waals surface area contributed by atoms with Gasteiger partial charge in [-0.15, -0.1) is 0 Å². The minimum Gasteiger partial charge on any atom is -0.496 e. The van der Waals surface area contributed by atoms with E-state index in [9.17, 15) is 4.79 Å². The summed E-state index contributed by atoms with van der Waals surface area (Å²) in [5, 5.41) is 2.86. The molecule has 0 saturated carbocycles. The third-order valence-corrected chi connectivity index (χ3v) is 2.92. The molecule has 0 aliphatic carbocycles. The first-order valence-corrected chi connectivity index (χ1v) is 6.10. The Bertz CT molecular complexity index is 416. The quantitative estimate of drug-likeness (QED) is 0.869. The molecule has 18 heavy (non-hydrogen) atoms. The van der Waals surface area contributed by atoms with Crippen molar-refractivity contribution in [2.24, 2.45) is 0 Å². The lowest BCUT2D eigenvalue weighted by molar-refractivity contribution is -0.117. The number of nitrogens with zero attached hydrogens (tertiary/aromatic N) is 1. The van der Waals surface area contributed by atoms with E-state index in [0.29, 0.717) is 12.5 Å². The maximum absolute atomic E-state index is 11.8. The average molecular weight is 250 g/mol. The van der Waals surface area contributed by atoms with Crippen molar-refractivity contribution in [1.82, 2.24) is 5.32 Å². The Hall–Kier alpha value is -1.55. The summed E-state index contributed by atoms with van der Waals surface area (Å²) < 4.78 is 5.33. The second kappa shape index (κ2) is 6.40. The molecule has 0 heterocycles. The predicted molar refractivity (Wildman–Crippen MR) is 74.4 cm³/mol. The molecule has 0 atom stereocenters. The number of ether oxygens (including phenoxy) is 1. The lowest BCUT2D eigenvalue weighted by atomic mass is 10.0. The highest BCUT2D eigenvalue weighted by molar-refractivity contribution is 5.94. The van der Waals surface area contributed by atoms with Gasteiger partial charge in [0, 0.05) is 12.7 Å². The van der Waals surface area contributed by atoms with E-state index in [1.807, 2.05) is 18.2 Å². The van der Waals surface area contributed by atoms with Crippen LogP contribution >= 0.6 is 0 Å². The Labute approximate surface area is 109 Å². The maximum atomic E-state index is 11.8. The van der Waals surface area contributed by atoms with Crippen molar-refractivity contribution in [2.75, 3.05) is 32.6 Å². The van der Waals surface area contributed by atoms with E-state index < -0.39 is 0 Å². The van der Waals surface area contributed by atoms with Gasteiger partial charge in [-0.05, 0) is 36.7 Å². The fraction of sp³-hybridized carbons (Fsp3) is 0.500. The van der Waals surface area contributed by atoms with Crippen LogP contribution in [0.3, 0.4) is 0 Å². The summed E-state index contributed by atoms with van der Waals surface area (Å²) in [6.07, 6.45) is 0. The first kappa shape index (κ1) is 14.5. The molecule has 1 aromatic carbocycles. The Kier molecular flexibility index (Phi) is 5.16. The molecular weight excluding hydrogens is 228 g/mol. The van der Waals surface area contributed by atoms with Crippen molar-refractivity contribution in [1.29, 1.82) is 0 Å². The summed E-state index contributed by atoms with van der Waals surface area (Å²) in [6.45, 7) is 4.55. The monoisotopic (exact) mass is 250 g/mol. The van der Waals surface area contributed by atoms with Crippen LogP contribution in [0.5, 0.6) is 5.75 Å². The summed E-state index contributed by atoms with van der Waals surface area (Å²) in [5.41, 5.74) is 2.00. The summed E-state index contributed by atoms with van der Waals surface area (Å²) in [7, 11) is 5.21. The van der Waals surface area contributed by atoms with Crippen LogP contribution in [0.1, 0.15) is 25.3 Å². The van der Waals surface area contributed by atoms with Crippen molar-refractivity contribution in [3.8, 4) is 5.75 Å². The summed E-state index contributed by atoms with van der Waals surface area (Å²) >= 11 is 0. The highest BCUT2D eigenvalue weighted by Crippen LogP contribution is 2.30. The highest BCUT2D eigenvalue weighted by Gasteiger charge is 2.14. The van der Waals surface area contributed by atoms with Crippen molar-refractivity contribution in [2.45, 2.75) is 19.8 Å². The van der Waals surface area contributed by atoms with E-state index >= 15 is 0 Å². The fourth-order valence-corrected chi connectivity index (χ4v) is 1.80. The number of amides is 1. The zero-order valence-corrected chi connectivity index (χ0v) is 11.8. The number of anilines is 1. The molecule has 4 heteroatoms. The first-order valence-electron chi connectivity index (χ1n) is 6.10. The Balaban J connectivity index is 3.04. The third kappa shape index (κ3) is 3.23. The fourth-order valence-electron chi connectivity index (χ4n) is 1.80. The Morgan fingerprint density at radius 3 is 2.61 bits per heavy atom. The Morgan fingerprint density at radius 1 is 1.44 bits per heavy atom. The van der Waals surface area contributed by atoms with Gasteiger partial charge in [0.25, 0.3) is 0 Å². The number of carbonyl (C=O) groups is 1. The molecule has 0 aliphatic rings. The normalized spacial score (nSPS) is 10.6. The molecular formula is C14H22N2O2. The molecule has 1 aromatic rings. The number of rotatable bonds is 5. The zero-order valence-electron chi connectivity index (χ0n) is 11.8. The molecule has 0 bridgehead atoms. The van der Waals surface area contributed by atoms with Crippen LogP contribution in [-0.4, -0.2) is 33.7 Å². The highest BCUT2D eigenvalue weighted by atomic mass is 16.5. The summed E-state index contributed by atoms with van der Waals surface area (Å²) in [5.74, 6) is 1.26.